The summed E-state index contributed by atoms with van der Waals surface area (Å²) in [6, 6.07) is 0.389. The Morgan fingerprint density at radius 3 is 2.93 bits per heavy atom. The number of aromatic amines is 1. The molecule has 0 radical (unpaired) electrons. The average molecular weight is 205 g/mol. The fourth-order valence-corrected chi connectivity index (χ4v) is 1.39. The Kier molecular flexibility index (Phi) is 2.53. The normalized spacial score (nSPS) is 13.0. The van der Waals surface area contributed by atoms with E-state index in [2.05, 4.69) is 39.3 Å². The first-order valence-corrected chi connectivity index (χ1v) is 5.14. The third kappa shape index (κ3) is 1.77. The van der Waals surface area contributed by atoms with Gasteiger partial charge in [-0.2, -0.15) is 5.10 Å². The molecule has 0 saturated heterocycles. The van der Waals surface area contributed by atoms with Gasteiger partial charge in [0, 0.05) is 6.04 Å². The summed E-state index contributed by atoms with van der Waals surface area (Å²) >= 11 is 0. The van der Waals surface area contributed by atoms with Crippen molar-refractivity contribution >= 4 is 16.9 Å². The molecule has 0 saturated carbocycles. The number of H-pyrrole nitrogens is 1. The van der Waals surface area contributed by atoms with Gasteiger partial charge in [0.2, 0.25) is 0 Å². The monoisotopic (exact) mass is 205 g/mol. The molecule has 0 fully saturated rings. The molecule has 0 aliphatic carbocycles. The number of nitrogens with zero attached hydrogens (tertiary/aromatic N) is 3. The van der Waals surface area contributed by atoms with E-state index in [9.17, 15) is 0 Å². The molecule has 2 aromatic heterocycles. The number of fused-ring (bicyclic) bond motifs is 1. The molecule has 2 rings (SSSR count). The second-order valence-electron chi connectivity index (χ2n) is 3.72. The Morgan fingerprint density at radius 1 is 1.40 bits per heavy atom. The van der Waals surface area contributed by atoms with Crippen molar-refractivity contribution in [3.05, 3.63) is 12.0 Å². The second kappa shape index (κ2) is 3.84. The molecule has 0 aliphatic heterocycles. The molecule has 15 heavy (non-hydrogen) atoms. The fraction of sp³-hybridized carbons (Fsp3) is 0.500. The molecular weight excluding hydrogens is 190 g/mol. The van der Waals surface area contributed by atoms with E-state index in [1.54, 1.807) is 6.33 Å². The lowest BCUT2D eigenvalue weighted by molar-refractivity contribution is 0.759. The van der Waals surface area contributed by atoms with Gasteiger partial charge in [0.25, 0.3) is 0 Å². The molecule has 5 nitrogen and oxygen atoms in total. The molecule has 0 amide bonds. The van der Waals surface area contributed by atoms with Crippen LogP contribution in [0.3, 0.4) is 0 Å². The highest BCUT2D eigenvalue weighted by Crippen LogP contribution is 2.19. The number of nitrogens with one attached hydrogen (secondary N) is 2. The maximum absolute atomic E-state index is 4.20. The van der Waals surface area contributed by atoms with E-state index in [4.69, 9.17) is 0 Å². The summed E-state index contributed by atoms with van der Waals surface area (Å²) in [7, 11) is 0. The minimum Gasteiger partial charge on any atom is -0.366 e. The Bertz CT molecular complexity index is 462. The largest absolute Gasteiger partial charge is 0.366 e. The summed E-state index contributed by atoms with van der Waals surface area (Å²) in [5, 5.41) is 10.4. The van der Waals surface area contributed by atoms with E-state index < -0.39 is 0 Å². The first kappa shape index (κ1) is 9.89. The second-order valence-corrected chi connectivity index (χ2v) is 3.72. The zero-order valence-electron chi connectivity index (χ0n) is 9.20. The van der Waals surface area contributed by atoms with Gasteiger partial charge in [-0.15, -0.1) is 0 Å². The molecule has 2 heterocycles. The number of anilines is 1. The molecule has 2 N–H and O–H groups in total. The molecule has 1 unspecified atom stereocenters. The van der Waals surface area contributed by atoms with Gasteiger partial charge in [-0.3, -0.25) is 5.10 Å². The van der Waals surface area contributed by atoms with Crippen LogP contribution in [0.5, 0.6) is 0 Å². The number of hydrogen-bond acceptors (Lipinski definition) is 4. The Hall–Kier alpha value is -1.65. The predicted molar refractivity (Wildman–Crippen MR) is 59.8 cm³/mol. The van der Waals surface area contributed by atoms with E-state index in [1.165, 1.54) is 0 Å². The number of rotatable bonds is 3. The highest BCUT2D eigenvalue weighted by molar-refractivity contribution is 5.86. The van der Waals surface area contributed by atoms with Crippen LogP contribution in [0.4, 0.5) is 5.82 Å². The molecule has 80 valence electrons. The number of hydrogen-bond donors (Lipinski definition) is 2. The Labute approximate surface area is 88.3 Å². The maximum Gasteiger partial charge on any atom is 0.158 e. The van der Waals surface area contributed by atoms with Gasteiger partial charge < -0.3 is 5.32 Å². The SMILES string of the molecule is CCC(C)Nc1ncnc2c(C)[nH]nc12. The fourth-order valence-electron chi connectivity index (χ4n) is 1.39. The summed E-state index contributed by atoms with van der Waals surface area (Å²) in [6.07, 6.45) is 2.62. The average Bonchev–Trinajstić information content (AvgIpc) is 2.62. The minimum atomic E-state index is 0.389. The lowest BCUT2D eigenvalue weighted by Gasteiger charge is -2.11. The van der Waals surface area contributed by atoms with Crippen molar-refractivity contribution in [3.63, 3.8) is 0 Å². The van der Waals surface area contributed by atoms with E-state index in [1.807, 2.05) is 6.92 Å². The highest BCUT2D eigenvalue weighted by Gasteiger charge is 2.10. The Balaban J connectivity index is 2.43. The third-order valence-corrected chi connectivity index (χ3v) is 2.51. The quantitative estimate of drug-likeness (QED) is 0.802. The van der Waals surface area contributed by atoms with Crippen molar-refractivity contribution in [1.29, 1.82) is 0 Å². The van der Waals surface area contributed by atoms with Crippen LogP contribution >= 0.6 is 0 Å². The van der Waals surface area contributed by atoms with Crippen molar-refractivity contribution in [1.82, 2.24) is 20.2 Å². The predicted octanol–water partition coefficient (Wildman–Crippen LogP) is 1.87. The van der Waals surface area contributed by atoms with Crippen LogP contribution in [0.15, 0.2) is 6.33 Å². The molecule has 0 spiro atoms. The van der Waals surface area contributed by atoms with Gasteiger partial charge >= 0.3 is 0 Å². The van der Waals surface area contributed by atoms with Gasteiger partial charge in [-0.05, 0) is 20.3 Å². The van der Waals surface area contributed by atoms with Gasteiger partial charge in [-0.25, -0.2) is 9.97 Å². The molecule has 1 atom stereocenters. The summed E-state index contributed by atoms with van der Waals surface area (Å²) < 4.78 is 0. The van der Waals surface area contributed by atoms with Crippen LogP contribution in [0.1, 0.15) is 26.0 Å². The molecule has 5 heteroatoms. The molecule has 0 aliphatic rings. The van der Waals surface area contributed by atoms with Crippen LogP contribution < -0.4 is 5.32 Å². The van der Waals surface area contributed by atoms with E-state index in [-0.39, 0.29) is 0 Å². The minimum absolute atomic E-state index is 0.389. The maximum atomic E-state index is 4.20. The third-order valence-electron chi connectivity index (χ3n) is 2.51. The Morgan fingerprint density at radius 2 is 2.20 bits per heavy atom. The van der Waals surface area contributed by atoms with Crippen LogP contribution in [-0.2, 0) is 0 Å². The van der Waals surface area contributed by atoms with E-state index in [0.29, 0.717) is 6.04 Å². The van der Waals surface area contributed by atoms with Gasteiger partial charge in [0.15, 0.2) is 11.3 Å². The van der Waals surface area contributed by atoms with E-state index in [0.717, 1.165) is 29.0 Å². The molecular formula is C10H15N5. The number of aromatic nitrogens is 4. The number of aryl methyl sites for hydroxylation is 1. The van der Waals surface area contributed by atoms with Gasteiger partial charge in [-0.1, -0.05) is 6.92 Å². The van der Waals surface area contributed by atoms with Crippen molar-refractivity contribution in [2.24, 2.45) is 0 Å². The lowest BCUT2D eigenvalue weighted by atomic mass is 10.2. The van der Waals surface area contributed by atoms with Crippen molar-refractivity contribution < 1.29 is 0 Å². The first-order valence-electron chi connectivity index (χ1n) is 5.14. The van der Waals surface area contributed by atoms with Crippen molar-refractivity contribution in [3.8, 4) is 0 Å². The highest BCUT2D eigenvalue weighted by atomic mass is 15.2. The van der Waals surface area contributed by atoms with Gasteiger partial charge in [0.1, 0.15) is 11.8 Å². The summed E-state index contributed by atoms with van der Waals surface area (Å²) in [5.41, 5.74) is 2.67. The molecule has 0 bridgehead atoms. The van der Waals surface area contributed by atoms with Crippen molar-refractivity contribution in [2.75, 3.05) is 5.32 Å². The van der Waals surface area contributed by atoms with Crippen LogP contribution in [0.2, 0.25) is 0 Å². The smallest absolute Gasteiger partial charge is 0.158 e. The zero-order valence-corrected chi connectivity index (χ0v) is 9.20. The van der Waals surface area contributed by atoms with Crippen LogP contribution in [0, 0.1) is 6.92 Å². The molecule has 0 aromatic carbocycles. The molecule has 2 aromatic rings. The van der Waals surface area contributed by atoms with Gasteiger partial charge in [0.05, 0.1) is 5.69 Å². The summed E-state index contributed by atoms with van der Waals surface area (Å²) in [5.74, 6) is 0.804. The van der Waals surface area contributed by atoms with Crippen LogP contribution in [0.25, 0.3) is 11.0 Å². The summed E-state index contributed by atoms with van der Waals surface area (Å²) in [4.78, 5) is 8.39. The zero-order chi connectivity index (χ0) is 10.8. The van der Waals surface area contributed by atoms with Crippen molar-refractivity contribution in [2.45, 2.75) is 33.2 Å². The first-order chi connectivity index (χ1) is 7.22. The summed E-state index contributed by atoms with van der Waals surface area (Å²) in [6.45, 7) is 6.20. The lowest BCUT2D eigenvalue weighted by Crippen LogP contribution is -2.14. The van der Waals surface area contributed by atoms with Crippen LogP contribution in [-0.4, -0.2) is 26.2 Å². The topological polar surface area (TPSA) is 66.5 Å². The standard InChI is InChI=1S/C10H15N5/c1-4-6(2)13-10-9-8(11-5-12-10)7(3)14-15-9/h5-6H,4H2,1-3H3,(H,14,15)(H,11,12,13). The van der Waals surface area contributed by atoms with E-state index >= 15 is 0 Å².